The van der Waals surface area contributed by atoms with Gasteiger partial charge in [-0.15, -0.1) is 0 Å². The van der Waals surface area contributed by atoms with Crippen LogP contribution in [0.4, 0.5) is 5.69 Å². The van der Waals surface area contributed by atoms with Gasteiger partial charge in [0.15, 0.2) is 0 Å². The summed E-state index contributed by atoms with van der Waals surface area (Å²) in [5.74, 6) is 0.473. The monoisotopic (exact) mass is 378 g/mol. The Balaban J connectivity index is 1.42. The summed E-state index contributed by atoms with van der Waals surface area (Å²) in [5.41, 5.74) is 3.16. The first-order valence-electron chi connectivity index (χ1n) is 10.6. The minimum atomic E-state index is 0.161. The Kier molecular flexibility index (Phi) is 5.84. The van der Waals surface area contributed by atoms with Crippen LogP contribution in [0.15, 0.2) is 48.5 Å². The van der Waals surface area contributed by atoms with Crippen molar-refractivity contribution in [2.75, 3.05) is 24.5 Å². The molecule has 0 aromatic heterocycles. The third-order valence-electron chi connectivity index (χ3n) is 6.15. The number of anilines is 1. The van der Waals surface area contributed by atoms with Crippen LogP contribution in [0, 0.1) is 0 Å². The smallest absolute Gasteiger partial charge is 0.254 e. The van der Waals surface area contributed by atoms with Gasteiger partial charge >= 0.3 is 0 Å². The summed E-state index contributed by atoms with van der Waals surface area (Å²) in [6.45, 7) is 3.09. The molecule has 1 unspecified atom stereocenters. The second kappa shape index (κ2) is 8.68. The molecule has 28 heavy (non-hydrogen) atoms. The summed E-state index contributed by atoms with van der Waals surface area (Å²) in [6, 6.07) is 15.9. The van der Waals surface area contributed by atoms with Gasteiger partial charge < -0.3 is 14.9 Å². The summed E-state index contributed by atoms with van der Waals surface area (Å²) in [5, 5.41) is 9.67. The van der Waals surface area contributed by atoms with Gasteiger partial charge in [-0.3, -0.25) is 4.79 Å². The first-order valence-corrected chi connectivity index (χ1v) is 10.6. The van der Waals surface area contributed by atoms with E-state index in [4.69, 9.17) is 0 Å². The first-order chi connectivity index (χ1) is 13.7. The molecule has 2 aliphatic heterocycles. The molecular weight excluding hydrogens is 348 g/mol. The topological polar surface area (TPSA) is 43.8 Å². The summed E-state index contributed by atoms with van der Waals surface area (Å²) in [4.78, 5) is 17.7. The van der Waals surface area contributed by atoms with Crippen LogP contribution in [-0.4, -0.2) is 41.6 Å². The van der Waals surface area contributed by atoms with E-state index in [0.717, 1.165) is 56.4 Å². The van der Waals surface area contributed by atoms with Crippen molar-refractivity contribution >= 4 is 11.6 Å². The Morgan fingerprint density at radius 1 is 0.964 bits per heavy atom. The number of rotatable bonds is 5. The molecule has 2 saturated heterocycles. The van der Waals surface area contributed by atoms with E-state index in [0.29, 0.717) is 5.75 Å². The van der Waals surface area contributed by atoms with Crippen LogP contribution in [0.5, 0.6) is 5.75 Å². The van der Waals surface area contributed by atoms with Crippen molar-refractivity contribution < 1.29 is 9.90 Å². The number of nitrogens with zero attached hydrogens (tertiary/aromatic N) is 2. The summed E-state index contributed by atoms with van der Waals surface area (Å²) >= 11 is 0. The van der Waals surface area contributed by atoms with Gasteiger partial charge in [0.1, 0.15) is 5.75 Å². The highest BCUT2D eigenvalue weighted by Crippen LogP contribution is 2.26. The van der Waals surface area contributed by atoms with E-state index in [9.17, 15) is 9.90 Å². The lowest BCUT2D eigenvalue weighted by molar-refractivity contribution is 0.0602. The van der Waals surface area contributed by atoms with Crippen molar-refractivity contribution in [3.05, 3.63) is 59.7 Å². The number of carbonyl (C=O) groups is 1. The highest BCUT2D eigenvalue weighted by Gasteiger charge is 2.27. The Morgan fingerprint density at radius 2 is 1.71 bits per heavy atom. The number of benzene rings is 2. The highest BCUT2D eigenvalue weighted by atomic mass is 16.3. The molecule has 0 bridgehead atoms. The lowest BCUT2D eigenvalue weighted by Gasteiger charge is -2.36. The molecule has 0 saturated carbocycles. The Hall–Kier alpha value is -2.49. The van der Waals surface area contributed by atoms with Crippen LogP contribution >= 0.6 is 0 Å². The number of carbonyl (C=O) groups excluding carboxylic acids is 1. The third-order valence-corrected chi connectivity index (χ3v) is 6.15. The lowest BCUT2D eigenvalue weighted by Crippen LogP contribution is -2.44. The number of aromatic hydroxyl groups is 1. The SMILES string of the molecule is O=C(c1ccc(N2CCCC2)cc1)N1CCCCC1CCc1cccc(O)c1. The van der Waals surface area contributed by atoms with E-state index in [1.165, 1.54) is 24.9 Å². The fraction of sp³-hybridized carbons (Fsp3) is 0.458. The van der Waals surface area contributed by atoms with Crippen LogP contribution in [0.1, 0.15) is 54.4 Å². The number of hydrogen-bond acceptors (Lipinski definition) is 3. The number of hydrogen-bond donors (Lipinski definition) is 1. The zero-order valence-corrected chi connectivity index (χ0v) is 16.5. The number of phenols is 1. The number of phenolic OH excluding ortho intramolecular Hbond substituents is 1. The third kappa shape index (κ3) is 4.32. The van der Waals surface area contributed by atoms with E-state index in [1.54, 1.807) is 6.07 Å². The zero-order chi connectivity index (χ0) is 19.3. The van der Waals surface area contributed by atoms with E-state index < -0.39 is 0 Å². The fourth-order valence-corrected chi connectivity index (χ4v) is 4.57. The minimum Gasteiger partial charge on any atom is -0.508 e. The highest BCUT2D eigenvalue weighted by molar-refractivity contribution is 5.94. The van der Waals surface area contributed by atoms with Gasteiger partial charge in [0.05, 0.1) is 0 Å². The molecule has 2 fully saturated rings. The second-order valence-electron chi connectivity index (χ2n) is 8.10. The molecule has 2 aromatic rings. The molecule has 1 N–H and O–H groups in total. The van der Waals surface area contributed by atoms with Crippen LogP contribution in [0.2, 0.25) is 0 Å². The predicted octanol–water partition coefficient (Wildman–Crippen LogP) is 4.62. The number of amides is 1. The molecule has 1 atom stereocenters. The van der Waals surface area contributed by atoms with Crippen molar-refractivity contribution in [2.45, 2.75) is 51.0 Å². The number of piperidine rings is 1. The van der Waals surface area contributed by atoms with E-state index in [1.807, 2.05) is 30.3 Å². The number of aryl methyl sites for hydroxylation is 1. The van der Waals surface area contributed by atoms with Crippen molar-refractivity contribution in [1.29, 1.82) is 0 Å². The van der Waals surface area contributed by atoms with E-state index in [2.05, 4.69) is 21.9 Å². The fourth-order valence-electron chi connectivity index (χ4n) is 4.57. The van der Waals surface area contributed by atoms with Gasteiger partial charge in [0.25, 0.3) is 5.91 Å². The van der Waals surface area contributed by atoms with Gasteiger partial charge in [-0.25, -0.2) is 0 Å². The maximum atomic E-state index is 13.2. The molecule has 1 amide bonds. The molecule has 0 radical (unpaired) electrons. The molecular formula is C24H30N2O2. The van der Waals surface area contributed by atoms with Crippen molar-refractivity contribution in [3.8, 4) is 5.75 Å². The van der Waals surface area contributed by atoms with Crippen molar-refractivity contribution in [1.82, 2.24) is 4.90 Å². The van der Waals surface area contributed by atoms with Gasteiger partial charge in [0.2, 0.25) is 0 Å². The molecule has 4 heteroatoms. The Bertz CT molecular complexity index is 797. The van der Waals surface area contributed by atoms with Crippen LogP contribution in [0.3, 0.4) is 0 Å². The minimum absolute atomic E-state index is 0.161. The molecule has 2 heterocycles. The molecule has 0 spiro atoms. The van der Waals surface area contributed by atoms with Crippen molar-refractivity contribution in [3.63, 3.8) is 0 Å². The predicted molar refractivity (Wildman–Crippen MR) is 113 cm³/mol. The molecule has 2 aliphatic rings. The number of likely N-dealkylation sites (tertiary alicyclic amines) is 1. The molecule has 2 aromatic carbocycles. The zero-order valence-electron chi connectivity index (χ0n) is 16.5. The standard InChI is InChI=1S/C24H30N2O2/c27-23-8-5-6-19(18-23)9-12-22-7-1-2-17-26(22)24(28)20-10-13-21(14-11-20)25-15-3-4-16-25/h5-6,8,10-11,13-14,18,22,27H,1-4,7,9,12,15-17H2. The van der Waals surface area contributed by atoms with E-state index >= 15 is 0 Å². The Labute approximate surface area is 167 Å². The van der Waals surface area contributed by atoms with Gasteiger partial charge in [-0.05, 0) is 86.9 Å². The maximum Gasteiger partial charge on any atom is 0.254 e. The summed E-state index contributed by atoms with van der Waals surface area (Å²) in [7, 11) is 0. The first kappa shape index (κ1) is 18.9. The van der Waals surface area contributed by atoms with E-state index in [-0.39, 0.29) is 11.9 Å². The lowest BCUT2D eigenvalue weighted by atomic mass is 9.95. The average molecular weight is 379 g/mol. The van der Waals surface area contributed by atoms with Crippen LogP contribution in [0.25, 0.3) is 0 Å². The largest absolute Gasteiger partial charge is 0.508 e. The summed E-state index contributed by atoms with van der Waals surface area (Å²) < 4.78 is 0. The maximum absolute atomic E-state index is 13.2. The molecule has 4 nitrogen and oxygen atoms in total. The summed E-state index contributed by atoms with van der Waals surface area (Å²) in [6.07, 6.45) is 7.68. The molecule has 148 valence electrons. The normalized spacial score (nSPS) is 19.8. The van der Waals surface area contributed by atoms with Crippen LogP contribution in [-0.2, 0) is 6.42 Å². The van der Waals surface area contributed by atoms with Gasteiger partial charge in [-0.2, -0.15) is 0 Å². The molecule has 0 aliphatic carbocycles. The second-order valence-corrected chi connectivity index (χ2v) is 8.10. The quantitative estimate of drug-likeness (QED) is 0.826. The molecule has 4 rings (SSSR count). The average Bonchev–Trinajstić information content (AvgIpc) is 3.27. The Morgan fingerprint density at radius 3 is 2.46 bits per heavy atom. The van der Waals surface area contributed by atoms with Gasteiger partial charge in [-0.1, -0.05) is 12.1 Å². The van der Waals surface area contributed by atoms with Crippen molar-refractivity contribution in [2.24, 2.45) is 0 Å². The van der Waals surface area contributed by atoms with Crippen LogP contribution < -0.4 is 4.90 Å². The van der Waals surface area contributed by atoms with Gasteiger partial charge in [0, 0.05) is 36.9 Å².